The lowest BCUT2D eigenvalue weighted by molar-refractivity contribution is 0.398. The number of nitrogens with two attached hydrogens (primary N) is 1. The van der Waals surface area contributed by atoms with Crippen molar-refractivity contribution >= 4 is 10.0 Å². The van der Waals surface area contributed by atoms with Crippen molar-refractivity contribution in [3.8, 4) is 6.07 Å². The Kier molecular flexibility index (Phi) is 2.67. The molecule has 0 bridgehead atoms. The third kappa shape index (κ3) is 1.75. The fourth-order valence-electron chi connectivity index (χ4n) is 1.28. The zero-order valence-corrected chi connectivity index (χ0v) is 7.42. The summed E-state index contributed by atoms with van der Waals surface area (Å²) in [7, 11) is -3.41. The molecule has 1 aliphatic heterocycles. The molecule has 1 heterocycles. The normalized spacial score (nSPS) is 25.5. The average molecular weight is 189 g/mol. The van der Waals surface area contributed by atoms with Crippen LogP contribution in [0.3, 0.4) is 0 Å². The first-order valence-corrected chi connectivity index (χ1v) is 5.31. The zero-order chi connectivity index (χ0) is 9.19. The average Bonchev–Trinajstić information content (AvgIpc) is 2.35. The van der Waals surface area contributed by atoms with E-state index in [0.717, 1.165) is 6.42 Å². The number of nitrogens with zero attached hydrogens (tertiary/aromatic N) is 2. The van der Waals surface area contributed by atoms with Crippen LogP contribution in [0.15, 0.2) is 0 Å². The van der Waals surface area contributed by atoms with Gasteiger partial charge in [0.25, 0.3) is 0 Å². The van der Waals surface area contributed by atoms with Gasteiger partial charge in [0, 0.05) is 6.54 Å². The monoisotopic (exact) mass is 189 g/mol. The number of nitriles is 1. The van der Waals surface area contributed by atoms with Crippen molar-refractivity contribution in [2.24, 2.45) is 5.73 Å². The Labute approximate surface area is 71.8 Å². The Bertz CT molecular complexity index is 292. The van der Waals surface area contributed by atoms with Gasteiger partial charge in [-0.25, -0.2) is 8.42 Å². The Morgan fingerprint density at radius 1 is 1.67 bits per heavy atom. The van der Waals surface area contributed by atoms with E-state index in [4.69, 9.17) is 11.0 Å². The molecule has 0 aromatic carbocycles. The lowest BCUT2D eigenvalue weighted by atomic mass is 10.3. The molecule has 1 atom stereocenters. The van der Waals surface area contributed by atoms with Crippen molar-refractivity contribution < 1.29 is 8.42 Å². The van der Waals surface area contributed by atoms with Gasteiger partial charge in [0.2, 0.25) is 10.0 Å². The molecule has 0 radical (unpaired) electrons. The van der Waals surface area contributed by atoms with Gasteiger partial charge in [-0.05, 0) is 12.8 Å². The Balaban J connectivity index is 2.76. The van der Waals surface area contributed by atoms with Crippen molar-refractivity contribution in [3.05, 3.63) is 0 Å². The van der Waals surface area contributed by atoms with Crippen LogP contribution < -0.4 is 5.73 Å². The first kappa shape index (κ1) is 9.45. The van der Waals surface area contributed by atoms with Crippen LogP contribution in [0.4, 0.5) is 0 Å². The van der Waals surface area contributed by atoms with Gasteiger partial charge in [-0.3, -0.25) is 0 Å². The van der Waals surface area contributed by atoms with Crippen LogP contribution in [0.2, 0.25) is 0 Å². The summed E-state index contributed by atoms with van der Waals surface area (Å²) in [6.45, 7) is 0.450. The van der Waals surface area contributed by atoms with Crippen LogP contribution in [0.25, 0.3) is 0 Å². The van der Waals surface area contributed by atoms with E-state index >= 15 is 0 Å². The standard InChI is InChI=1S/C6H11N3O2S/c7-3-5-12(10,11)9-4-1-2-6(9)8/h6H,1-2,4-5,8H2. The van der Waals surface area contributed by atoms with Crippen LogP contribution in [0, 0.1) is 11.3 Å². The molecule has 6 heteroatoms. The molecule has 2 N–H and O–H groups in total. The molecule has 0 aromatic rings. The highest BCUT2D eigenvalue weighted by atomic mass is 32.2. The molecule has 0 spiro atoms. The Morgan fingerprint density at radius 2 is 2.33 bits per heavy atom. The fourth-order valence-corrected chi connectivity index (χ4v) is 2.53. The highest BCUT2D eigenvalue weighted by molar-refractivity contribution is 7.89. The maximum atomic E-state index is 11.3. The van der Waals surface area contributed by atoms with Crippen LogP contribution in [-0.2, 0) is 10.0 Å². The third-order valence-electron chi connectivity index (χ3n) is 1.85. The summed E-state index contributed by atoms with van der Waals surface area (Å²) in [4.78, 5) is 0. The van der Waals surface area contributed by atoms with E-state index in [9.17, 15) is 8.42 Å². The van der Waals surface area contributed by atoms with Crippen LogP contribution >= 0.6 is 0 Å². The SMILES string of the molecule is N#CCS(=O)(=O)N1CCCC1N. The summed E-state index contributed by atoms with van der Waals surface area (Å²) in [6.07, 6.45) is 1.04. The fraction of sp³-hybridized carbons (Fsp3) is 0.833. The van der Waals surface area contributed by atoms with Gasteiger partial charge in [-0.15, -0.1) is 0 Å². The van der Waals surface area contributed by atoms with E-state index in [1.54, 1.807) is 6.07 Å². The first-order valence-electron chi connectivity index (χ1n) is 3.70. The Morgan fingerprint density at radius 3 is 2.75 bits per heavy atom. The van der Waals surface area contributed by atoms with Crippen LogP contribution in [0.1, 0.15) is 12.8 Å². The lowest BCUT2D eigenvalue weighted by Crippen LogP contribution is -2.41. The first-order chi connectivity index (χ1) is 5.58. The van der Waals surface area contributed by atoms with Gasteiger partial charge in [0.05, 0.1) is 12.2 Å². The number of hydrogen-bond donors (Lipinski definition) is 1. The molecule has 1 saturated heterocycles. The molecule has 1 fully saturated rings. The van der Waals surface area contributed by atoms with Crippen molar-refractivity contribution in [2.75, 3.05) is 12.3 Å². The second kappa shape index (κ2) is 3.39. The zero-order valence-electron chi connectivity index (χ0n) is 6.60. The molecule has 0 amide bonds. The van der Waals surface area contributed by atoms with Crippen LogP contribution in [0.5, 0.6) is 0 Å². The van der Waals surface area contributed by atoms with E-state index in [-0.39, 0.29) is 0 Å². The minimum Gasteiger partial charge on any atom is -0.315 e. The summed E-state index contributed by atoms with van der Waals surface area (Å²) in [5.41, 5.74) is 5.53. The highest BCUT2D eigenvalue weighted by Crippen LogP contribution is 2.16. The van der Waals surface area contributed by atoms with E-state index in [0.29, 0.717) is 13.0 Å². The molecule has 12 heavy (non-hydrogen) atoms. The lowest BCUT2D eigenvalue weighted by Gasteiger charge is -2.18. The molecule has 68 valence electrons. The molecule has 0 saturated carbocycles. The molecule has 0 aliphatic carbocycles. The largest absolute Gasteiger partial charge is 0.315 e. The number of sulfonamides is 1. The van der Waals surface area contributed by atoms with Crippen molar-refractivity contribution in [1.82, 2.24) is 4.31 Å². The summed E-state index contributed by atoms with van der Waals surface area (Å²) < 4.78 is 23.7. The molecular formula is C6H11N3O2S. The predicted molar refractivity (Wildman–Crippen MR) is 43.3 cm³/mol. The summed E-state index contributed by atoms with van der Waals surface area (Å²) in [5.74, 6) is -0.472. The molecule has 1 aliphatic rings. The number of rotatable bonds is 2. The highest BCUT2D eigenvalue weighted by Gasteiger charge is 2.31. The molecule has 1 unspecified atom stereocenters. The van der Waals surface area contributed by atoms with E-state index in [2.05, 4.69) is 0 Å². The minimum absolute atomic E-state index is 0.427. The topological polar surface area (TPSA) is 87.2 Å². The quantitative estimate of drug-likeness (QED) is 0.617. The van der Waals surface area contributed by atoms with Crippen molar-refractivity contribution in [3.63, 3.8) is 0 Å². The van der Waals surface area contributed by atoms with Gasteiger partial charge in [0.1, 0.15) is 0 Å². The smallest absolute Gasteiger partial charge is 0.228 e. The van der Waals surface area contributed by atoms with Gasteiger partial charge in [0.15, 0.2) is 5.75 Å². The van der Waals surface area contributed by atoms with Crippen molar-refractivity contribution in [1.29, 1.82) is 5.26 Å². The molecule has 0 aromatic heterocycles. The van der Waals surface area contributed by atoms with E-state index in [1.807, 2.05) is 0 Å². The number of hydrogen-bond acceptors (Lipinski definition) is 4. The Hall–Kier alpha value is -0.640. The van der Waals surface area contributed by atoms with Crippen LogP contribution in [-0.4, -0.2) is 31.2 Å². The van der Waals surface area contributed by atoms with Gasteiger partial charge < -0.3 is 5.73 Å². The summed E-state index contributed by atoms with van der Waals surface area (Å²) in [5, 5.41) is 8.25. The third-order valence-corrected chi connectivity index (χ3v) is 3.51. The molecular weight excluding hydrogens is 178 g/mol. The molecule has 1 rings (SSSR count). The second-order valence-electron chi connectivity index (χ2n) is 2.73. The summed E-state index contributed by atoms with van der Waals surface area (Å²) >= 11 is 0. The maximum absolute atomic E-state index is 11.3. The van der Waals surface area contributed by atoms with E-state index in [1.165, 1.54) is 4.31 Å². The van der Waals surface area contributed by atoms with Crippen molar-refractivity contribution in [2.45, 2.75) is 19.0 Å². The second-order valence-corrected chi connectivity index (χ2v) is 4.66. The minimum atomic E-state index is -3.41. The molecule has 5 nitrogen and oxygen atoms in total. The van der Waals surface area contributed by atoms with Gasteiger partial charge >= 0.3 is 0 Å². The maximum Gasteiger partial charge on any atom is 0.228 e. The predicted octanol–water partition coefficient (Wildman–Crippen LogP) is -0.780. The van der Waals surface area contributed by atoms with E-state index < -0.39 is 21.9 Å². The summed E-state index contributed by atoms with van der Waals surface area (Å²) in [6, 6.07) is 1.62. The van der Waals surface area contributed by atoms with Gasteiger partial charge in [-0.2, -0.15) is 9.57 Å². The van der Waals surface area contributed by atoms with Gasteiger partial charge in [-0.1, -0.05) is 0 Å².